The fourth-order valence-corrected chi connectivity index (χ4v) is 1.76. The molecule has 0 heterocycles. The Hall–Kier alpha value is -1.23. The molecule has 0 bridgehead atoms. The van der Waals surface area contributed by atoms with Gasteiger partial charge in [-0.2, -0.15) is 0 Å². The lowest BCUT2D eigenvalue weighted by Gasteiger charge is -2.18. The Kier molecular flexibility index (Phi) is 4.62. The minimum Gasteiger partial charge on any atom is -0.392 e. The molecule has 0 aliphatic heterocycles. The first-order valence-electron chi connectivity index (χ1n) is 5.90. The van der Waals surface area contributed by atoms with Crippen LogP contribution in [0.3, 0.4) is 0 Å². The van der Waals surface area contributed by atoms with E-state index in [-0.39, 0.29) is 12.4 Å². The summed E-state index contributed by atoms with van der Waals surface area (Å²) in [5, 5.41) is 19.0. The number of Topliss-reactive ketones (excluding diaryl/α,β-unsaturated/α-hetero) is 1. The van der Waals surface area contributed by atoms with Gasteiger partial charge < -0.3 is 15.1 Å². The summed E-state index contributed by atoms with van der Waals surface area (Å²) < 4.78 is 0. The molecule has 4 heteroatoms. The van der Waals surface area contributed by atoms with Gasteiger partial charge in [0, 0.05) is 12.1 Å². The fourth-order valence-electron chi connectivity index (χ4n) is 1.76. The summed E-state index contributed by atoms with van der Waals surface area (Å²) in [5.41, 5.74) is 0.734. The number of aliphatic hydroxyl groups excluding tert-OH is 1. The van der Waals surface area contributed by atoms with Crippen molar-refractivity contribution >= 4 is 5.78 Å². The maximum atomic E-state index is 11.9. The number of rotatable bonds is 5. The highest BCUT2D eigenvalue weighted by Crippen LogP contribution is 2.18. The number of ketones is 1. The van der Waals surface area contributed by atoms with E-state index in [0.29, 0.717) is 12.1 Å². The van der Waals surface area contributed by atoms with E-state index >= 15 is 0 Å². The van der Waals surface area contributed by atoms with Crippen LogP contribution >= 0.6 is 0 Å². The number of carbonyl (C=O) groups excluding carboxylic acids is 1. The van der Waals surface area contributed by atoms with Crippen LogP contribution in [0.4, 0.5) is 0 Å². The predicted octanol–water partition coefficient (Wildman–Crippen LogP) is 1.19. The SMILES string of the molecule is CN(C)Cc1ccc(C(=O)C(C)(C)O)cc1CO. The fraction of sp³-hybridized carbons (Fsp3) is 0.500. The molecule has 0 radical (unpaired) electrons. The molecular weight excluding hydrogens is 230 g/mol. The Morgan fingerprint density at radius 2 is 1.89 bits per heavy atom. The van der Waals surface area contributed by atoms with Crippen molar-refractivity contribution in [3.63, 3.8) is 0 Å². The first-order chi connectivity index (χ1) is 8.25. The summed E-state index contributed by atoms with van der Waals surface area (Å²) in [6.45, 7) is 3.51. The van der Waals surface area contributed by atoms with Gasteiger partial charge in [-0.05, 0) is 45.1 Å². The molecule has 100 valence electrons. The Morgan fingerprint density at radius 3 is 2.33 bits per heavy atom. The quantitative estimate of drug-likeness (QED) is 0.772. The number of carbonyl (C=O) groups is 1. The maximum absolute atomic E-state index is 11.9. The highest BCUT2D eigenvalue weighted by Gasteiger charge is 2.25. The second-order valence-electron chi connectivity index (χ2n) is 5.27. The lowest BCUT2D eigenvalue weighted by atomic mass is 9.94. The number of benzene rings is 1. The van der Waals surface area contributed by atoms with Crippen molar-refractivity contribution in [1.82, 2.24) is 4.90 Å². The third kappa shape index (κ3) is 3.63. The van der Waals surface area contributed by atoms with E-state index in [1.807, 2.05) is 25.1 Å². The van der Waals surface area contributed by atoms with Crippen molar-refractivity contribution < 1.29 is 15.0 Å². The summed E-state index contributed by atoms with van der Waals surface area (Å²) in [6, 6.07) is 5.17. The Bertz CT molecular complexity index is 433. The van der Waals surface area contributed by atoms with E-state index in [4.69, 9.17) is 0 Å². The number of nitrogens with zero attached hydrogens (tertiary/aromatic N) is 1. The molecule has 0 aromatic heterocycles. The molecule has 0 aliphatic rings. The molecule has 0 saturated carbocycles. The van der Waals surface area contributed by atoms with E-state index < -0.39 is 5.60 Å². The minimum atomic E-state index is -1.39. The summed E-state index contributed by atoms with van der Waals surface area (Å²) in [5.74, 6) is -0.339. The first kappa shape index (κ1) is 14.8. The second kappa shape index (κ2) is 5.61. The maximum Gasteiger partial charge on any atom is 0.193 e. The van der Waals surface area contributed by atoms with Gasteiger partial charge in [-0.1, -0.05) is 12.1 Å². The molecule has 1 aromatic carbocycles. The zero-order valence-corrected chi connectivity index (χ0v) is 11.4. The van der Waals surface area contributed by atoms with Crippen molar-refractivity contribution in [2.24, 2.45) is 0 Å². The average molecular weight is 251 g/mol. The van der Waals surface area contributed by atoms with Gasteiger partial charge >= 0.3 is 0 Å². The topological polar surface area (TPSA) is 60.8 Å². The zero-order valence-electron chi connectivity index (χ0n) is 11.4. The molecule has 0 atom stereocenters. The molecular formula is C14H21NO3. The molecule has 1 aromatic rings. The monoisotopic (exact) mass is 251 g/mol. The minimum absolute atomic E-state index is 0.115. The van der Waals surface area contributed by atoms with Crippen molar-refractivity contribution in [1.29, 1.82) is 0 Å². The summed E-state index contributed by atoms with van der Waals surface area (Å²) in [7, 11) is 3.88. The van der Waals surface area contributed by atoms with Gasteiger partial charge in [-0.15, -0.1) is 0 Å². The predicted molar refractivity (Wildman–Crippen MR) is 70.4 cm³/mol. The lowest BCUT2D eigenvalue weighted by Crippen LogP contribution is -2.31. The number of hydrogen-bond acceptors (Lipinski definition) is 4. The zero-order chi connectivity index (χ0) is 13.9. The van der Waals surface area contributed by atoms with Gasteiger partial charge in [0.1, 0.15) is 5.60 Å². The Balaban J connectivity index is 3.09. The third-order valence-electron chi connectivity index (χ3n) is 2.68. The highest BCUT2D eigenvalue weighted by atomic mass is 16.3. The van der Waals surface area contributed by atoms with Crippen molar-refractivity contribution in [2.45, 2.75) is 32.6 Å². The largest absolute Gasteiger partial charge is 0.392 e. The molecule has 2 N–H and O–H groups in total. The van der Waals surface area contributed by atoms with Crippen LogP contribution < -0.4 is 0 Å². The molecule has 0 spiro atoms. The summed E-state index contributed by atoms with van der Waals surface area (Å²) in [6.07, 6.45) is 0. The second-order valence-corrected chi connectivity index (χ2v) is 5.27. The van der Waals surface area contributed by atoms with E-state index in [1.165, 1.54) is 13.8 Å². The van der Waals surface area contributed by atoms with Crippen LogP contribution in [0.5, 0.6) is 0 Å². The highest BCUT2D eigenvalue weighted by molar-refractivity contribution is 6.01. The van der Waals surface area contributed by atoms with Gasteiger partial charge in [0.2, 0.25) is 0 Å². The van der Waals surface area contributed by atoms with Crippen LogP contribution in [0.25, 0.3) is 0 Å². The number of hydrogen-bond donors (Lipinski definition) is 2. The average Bonchev–Trinajstić information content (AvgIpc) is 2.26. The van der Waals surface area contributed by atoms with E-state index in [0.717, 1.165) is 11.1 Å². The molecule has 18 heavy (non-hydrogen) atoms. The van der Waals surface area contributed by atoms with Crippen LogP contribution in [0, 0.1) is 0 Å². The van der Waals surface area contributed by atoms with Crippen LogP contribution in [0.2, 0.25) is 0 Å². The molecule has 0 aliphatic carbocycles. The van der Waals surface area contributed by atoms with E-state index in [9.17, 15) is 15.0 Å². The van der Waals surface area contributed by atoms with E-state index in [2.05, 4.69) is 0 Å². The van der Waals surface area contributed by atoms with Gasteiger partial charge in [-0.3, -0.25) is 4.79 Å². The molecule has 0 unspecified atom stereocenters. The molecule has 0 fully saturated rings. The van der Waals surface area contributed by atoms with Crippen LogP contribution in [0.15, 0.2) is 18.2 Å². The lowest BCUT2D eigenvalue weighted by molar-refractivity contribution is 0.0488. The van der Waals surface area contributed by atoms with Gasteiger partial charge in [-0.25, -0.2) is 0 Å². The standard InChI is InChI=1S/C14H21NO3/c1-14(2,18)13(17)10-5-6-11(8-15(3)4)12(7-10)9-16/h5-7,16,18H,8-9H2,1-4H3. The summed E-state index contributed by atoms with van der Waals surface area (Å²) in [4.78, 5) is 13.9. The molecule has 0 amide bonds. The number of aliphatic hydroxyl groups is 2. The first-order valence-corrected chi connectivity index (χ1v) is 5.90. The van der Waals surface area contributed by atoms with Crippen LogP contribution in [0.1, 0.15) is 35.3 Å². The Morgan fingerprint density at radius 1 is 1.28 bits per heavy atom. The van der Waals surface area contributed by atoms with Crippen molar-refractivity contribution in [3.8, 4) is 0 Å². The van der Waals surface area contributed by atoms with Gasteiger partial charge in [0.25, 0.3) is 0 Å². The third-order valence-corrected chi connectivity index (χ3v) is 2.68. The van der Waals surface area contributed by atoms with Gasteiger partial charge in [0.05, 0.1) is 6.61 Å². The molecule has 4 nitrogen and oxygen atoms in total. The smallest absolute Gasteiger partial charge is 0.193 e. The van der Waals surface area contributed by atoms with Gasteiger partial charge in [0.15, 0.2) is 5.78 Å². The Labute approximate surface area is 108 Å². The van der Waals surface area contributed by atoms with Crippen molar-refractivity contribution in [2.75, 3.05) is 14.1 Å². The summed E-state index contributed by atoms with van der Waals surface area (Å²) >= 11 is 0. The van der Waals surface area contributed by atoms with E-state index in [1.54, 1.807) is 12.1 Å². The van der Waals surface area contributed by atoms with Crippen molar-refractivity contribution in [3.05, 3.63) is 34.9 Å². The molecule has 0 saturated heterocycles. The normalized spacial score (nSPS) is 11.9. The van der Waals surface area contributed by atoms with Crippen LogP contribution in [-0.4, -0.2) is 40.6 Å². The molecule has 1 rings (SSSR count). The van der Waals surface area contributed by atoms with Crippen LogP contribution in [-0.2, 0) is 13.2 Å².